The molecule has 0 aromatic carbocycles. The van der Waals surface area contributed by atoms with E-state index in [0.29, 0.717) is 6.61 Å². The maximum absolute atomic E-state index is 11.5. The van der Waals surface area contributed by atoms with Gasteiger partial charge < -0.3 is 29.0 Å². The molecule has 0 unspecified atom stereocenters. The molecule has 0 bridgehead atoms. The van der Waals surface area contributed by atoms with Crippen molar-refractivity contribution in [2.24, 2.45) is 0 Å². The lowest BCUT2D eigenvalue weighted by molar-refractivity contribution is -0.228. The van der Waals surface area contributed by atoms with Gasteiger partial charge in [0.25, 0.3) is 5.17 Å². The Morgan fingerprint density at radius 1 is 1.04 bits per heavy atom. The van der Waals surface area contributed by atoms with Crippen molar-refractivity contribution in [1.82, 2.24) is 5.32 Å². The molecule has 1 saturated heterocycles. The number of esters is 3. The Hall–Kier alpha value is -1.94. The summed E-state index contributed by atoms with van der Waals surface area (Å²) >= 11 is 5.09. The number of thiocarbonyl (C=S) groups is 1. The van der Waals surface area contributed by atoms with Crippen LogP contribution in [0.25, 0.3) is 0 Å². The summed E-state index contributed by atoms with van der Waals surface area (Å²) < 4.78 is 26.5. The zero-order valence-corrected chi connectivity index (χ0v) is 16.1. The van der Waals surface area contributed by atoms with E-state index in [0.717, 1.165) is 12.8 Å². The molecule has 4 atom stereocenters. The quantitative estimate of drug-likeness (QED) is 0.290. The van der Waals surface area contributed by atoms with Gasteiger partial charge in [-0.25, -0.2) is 0 Å². The number of rotatable bonds is 7. The average molecular weight is 391 g/mol. The molecule has 1 aliphatic heterocycles. The number of unbranched alkanes of at least 4 members (excludes halogenated alkanes) is 1. The van der Waals surface area contributed by atoms with Gasteiger partial charge in [0.1, 0.15) is 0 Å². The largest absolute Gasteiger partial charge is 0.471 e. The van der Waals surface area contributed by atoms with Crippen molar-refractivity contribution in [3.05, 3.63) is 0 Å². The molecule has 0 aliphatic carbocycles. The third-order valence-corrected chi connectivity index (χ3v) is 3.58. The van der Waals surface area contributed by atoms with Crippen molar-refractivity contribution >= 4 is 35.3 Å². The fourth-order valence-electron chi connectivity index (χ4n) is 2.33. The molecule has 1 rings (SSSR count). The standard InChI is InChI=1S/C16H25NO8S/c1-5-6-7-21-16(26)17-15-14(25-11(4)20)13(24-10(3)19)12(8-22-15)23-9(2)18/h12-15H,5-8H2,1-4H3,(H,17,26)/t12-,13-,14-,15+/m0/s1. The van der Waals surface area contributed by atoms with Crippen LogP contribution in [0.1, 0.15) is 40.5 Å². The van der Waals surface area contributed by atoms with Crippen molar-refractivity contribution in [2.75, 3.05) is 13.2 Å². The average Bonchev–Trinajstić information content (AvgIpc) is 2.52. The van der Waals surface area contributed by atoms with E-state index in [1.54, 1.807) is 0 Å². The van der Waals surface area contributed by atoms with Crippen LogP contribution in [0.5, 0.6) is 0 Å². The molecule has 1 heterocycles. The van der Waals surface area contributed by atoms with E-state index < -0.39 is 42.4 Å². The number of nitrogens with one attached hydrogen (secondary N) is 1. The third kappa shape index (κ3) is 7.52. The first-order valence-corrected chi connectivity index (χ1v) is 8.72. The monoisotopic (exact) mass is 391 g/mol. The molecule has 1 aliphatic rings. The van der Waals surface area contributed by atoms with Gasteiger partial charge in [0, 0.05) is 20.8 Å². The lowest BCUT2D eigenvalue weighted by atomic mass is 10.0. The smallest absolute Gasteiger partial charge is 0.303 e. The minimum Gasteiger partial charge on any atom is -0.471 e. The second-order valence-corrected chi connectivity index (χ2v) is 6.05. The maximum Gasteiger partial charge on any atom is 0.303 e. The highest BCUT2D eigenvalue weighted by molar-refractivity contribution is 7.80. The predicted molar refractivity (Wildman–Crippen MR) is 93.0 cm³/mol. The highest BCUT2D eigenvalue weighted by Gasteiger charge is 2.47. The van der Waals surface area contributed by atoms with Crippen LogP contribution in [0.4, 0.5) is 0 Å². The summed E-state index contributed by atoms with van der Waals surface area (Å²) in [7, 11) is 0. The first-order chi connectivity index (χ1) is 12.2. The third-order valence-electron chi connectivity index (χ3n) is 3.34. The van der Waals surface area contributed by atoms with Crippen molar-refractivity contribution in [3.8, 4) is 0 Å². The van der Waals surface area contributed by atoms with E-state index >= 15 is 0 Å². The summed E-state index contributed by atoms with van der Waals surface area (Å²) in [6.07, 6.45) is -2.22. The van der Waals surface area contributed by atoms with Crippen molar-refractivity contribution in [3.63, 3.8) is 0 Å². The number of carbonyl (C=O) groups excluding carboxylic acids is 3. The Balaban J connectivity index is 2.91. The van der Waals surface area contributed by atoms with Gasteiger partial charge in [-0.15, -0.1) is 0 Å². The van der Waals surface area contributed by atoms with Gasteiger partial charge in [-0.3, -0.25) is 14.4 Å². The zero-order chi connectivity index (χ0) is 19.7. The fourth-order valence-corrected chi connectivity index (χ4v) is 2.53. The topological polar surface area (TPSA) is 109 Å². The van der Waals surface area contributed by atoms with Crippen LogP contribution in [-0.4, -0.2) is 60.8 Å². The van der Waals surface area contributed by atoms with E-state index in [2.05, 4.69) is 5.32 Å². The van der Waals surface area contributed by atoms with Crippen LogP contribution in [0.3, 0.4) is 0 Å². The summed E-state index contributed by atoms with van der Waals surface area (Å²) in [4.78, 5) is 34.3. The molecule has 1 N–H and O–H groups in total. The summed E-state index contributed by atoms with van der Waals surface area (Å²) in [5.41, 5.74) is 0. The number of carbonyl (C=O) groups is 3. The van der Waals surface area contributed by atoms with Gasteiger partial charge in [0.2, 0.25) is 0 Å². The van der Waals surface area contributed by atoms with Gasteiger partial charge in [-0.1, -0.05) is 13.3 Å². The van der Waals surface area contributed by atoms with Gasteiger partial charge in [-0.2, -0.15) is 0 Å². The maximum atomic E-state index is 11.5. The minimum atomic E-state index is -1.08. The van der Waals surface area contributed by atoms with E-state index in [9.17, 15) is 14.4 Å². The van der Waals surface area contributed by atoms with Gasteiger partial charge in [-0.05, 0) is 18.6 Å². The lowest BCUT2D eigenvalue weighted by Crippen LogP contribution is -2.62. The first-order valence-electron chi connectivity index (χ1n) is 8.31. The Bertz CT molecular complexity index is 526. The van der Waals surface area contributed by atoms with Crippen molar-refractivity contribution in [1.29, 1.82) is 0 Å². The van der Waals surface area contributed by atoms with E-state index in [1.165, 1.54) is 20.8 Å². The molecule has 0 radical (unpaired) electrons. The Kier molecular flexibility index (Phi) is 9.28. The van der Waals surface area contributed by atoms with Crippen LogP contribution in [-0.2, 0) is 38.1 Å². The van der Waals surface area contributed by atoms with Crippen LogP contribution >= 0.6 is 12.2 Å². The molecule has 0 spiro atoms. The second kappa shape index (κ2) is 10.9. The molecule has 9 nitrogen and oxygen atoms in total. The molecule has 0 aromatic rings. The van der Waals surface area contributed by atoms with Gasteiger partial charge >= 0.3 is 17.9 Å². The molecular weight excluding hydrogens is 366 g/mol. The SMILES string of the molecule is CCCCOC(=S)N[C@@H]1OC[C@H](OC(C)=O)[C@H](OC(C)=O)[C@@H]1OC(C)=O. The molecule has 0 aromatic heterocycles. The van der Waals surface area contributed by atoms with E-state index in [-0.39, 0.29) is 11.8 Å². The molecule has 10 heteroatoms. The summed E-state index contributed by atoms with van der Waals surface area (Å²) in [5, 5.41) is 2.85. The van der Waals surface area contributed by atoms with Gasteiger partial charge in [0.05, 0.1) is 13.2 Å². The summed E-state index contributed by atoms with van der Waals surface area (Å²) in [6, 6.07) is 0. The normalized spacial score (nSPS) is 24.9. The first kappa shape index (κ1) is 22.1. The lowest BCUT2D eigenvalue weighted by Gasteiger charge is -2.40. The van der Waals surface area contributed by atoms with E-state index in [1.807, 2.05) is 6.92 Å². The minimum absolute atomic E-state index is 0.0631. The Labute approximate surface area is 157 Å². The molecule has 148 valence electrons. The van der Waals surface area contributed by atoms with Crippen LogP contribution in [0.15, 0.2) is 0 Å². The number of ether oxygens (including phenoxy) is 5. The van der Waals surface area contributed by atoms with Crippen molar-refractivity contribution in [2.45, 2.75) is 65.1 Å². The summed E-state index contributed by atoms with van der Waals surface area (Å²) in [5.74, 6) is -1.82. The van der Waals surface area contributed by atoms with Gasteiger partial charge in [0.15, 0.2) is 24.5 Å². The Morgan fingerprint density at radius 2 is 1.62 bits per heavy atom. The molecule has 0 saturated carbocycles. The number of hydrogen-bond donors (Lipinski definition) is 1. The Morgan fingerprint density at radius 3 is 2.15 bits per heavy atom. The fraction of sp³-hybridized carbons (Fsp3) is 0.750. The molecular formula is C16H25NO8S. The van der Waals surface area contributed by atoms with Crippen LogP contribution in [0.2, 0.25) is 0 Å². The zero-order valence-electron chi connectivity index (χ0n) is 15.3. The van der Waals surface area contributed by atoms with Crippen molar-refractivity contribution < 1.29 is 38.1 Å². The van der Waals surface area contributed by atoms with E-state index in [4.69, 9.17) is 35.9 Å². The van der Waals surface area contributed by atoms with Crippen LogP contribution < -0.4 is 5.32 Å². The summed E-state index contributed by atoms with van der Waals surface area (Å²) in [6.45, 7) is 5.98. The number of hydrogen-bond acceptors (Lipinski definition) is 9. The highest BCUT2D eigenvalue weighted by Crippen LogP contribution is 2.23. The molecule has 26 heavy (non-hydrogen) atoms. The highest BCUT2D eigenvalue weighted by atomic mass is 32.1. The van der Waals surface area contributed by atoms with Crippen LogP contribution in [0, 0.1) is 0 Å². The second-order valence-electron chi connectivity index (χ2n) is 5.68. The molecule has 1 fully saturated rings. The predicted octanol–water partition coefficient (Wildman–Crippen LogP) is 0.829. The molecule has 0 amide bonds.